The Morgan fingerprint density at radius 2 is 1.86 bits per heavy atom. The van der Waals surface area contributed by atoms with Gasteiger partial charge in [-0.3, -0.25) is 0 Å². The largest absolute Gasteiger partial charge is 0.329 e. The summed E-state index contributed by atoms with van der Waals surface area (Å²) in [6.07, 6.45) is 5.65. The summed E-state index contributed by atoms with van der Waals surface area (Å²) in [5.41, 5.74) is 5.53. The van der Waals surface area contributed by atoms with Gasteiger partial charge in [-0.25, -0.2) is 5.14 Å². The first-order valence-electron chi connectivity index (χ1n) is 5.03. The number of nitrogens with two attached hydrogens (primary N) is 2. The van der Waals surface area contributed by atoms with E-state index in [0.29, 0.717) is 12.5 Å². The molecule has 0 spiro atoms. The molecule has 5 N–H and O–H groups in total. The average molecular weight is 221 g/mol. The van der Waals surface area contributed by atoms with Crippen molar-refractivity contribution >= 4 is 10.2 Å². The number of nitrogens with one attached hydrogen (secondary N) is 1. The maximum absolute atomic E-state index is 10.9. The van der Waals surface area contributed by atoms with Crippen LogP contribution in [0.3, 0.4) is 0 Å². The molecule has 1 aliphatic carbocycles. The van der Waals surface area contributed by atoms with E-state index in [9.17, 15) is 8.42 Å². The Bertz CT molecular complexity index is 260. The number of hydrogen-bond donors (Lipinski definition) is 3. The van der Waals surface area contributed by atoms with Gasteiger partial charge in [0.15, 0.2) is 0 Å². The molecule has 14 heavy (non-hydrogen) atoms. The molecule has 6 heteroatoms. The molecule has 1 atom stereocenters. The van der Waals surface area contributed by atoms with Gasteiger partial charge in [0, 0.05) is 12.6 Å². The van der Waals surface area contributed by atoms with Gasteiger partial charge in [-0.15, -0.1) is 0 Å². The zero-order valence-corrected chi connectivity index (χ0v) is 9.09. The summed E-state index contributed by atoms with van der Waals surface area (Å²) in [5, 5.41) is 4.92. The molecule has 0 aromatic heterocycles. The van der Waals surface area contributed by atoms with Gasteiger partial charge >= 0.3 is 0 Å². The first kappa shape index (κ1) is 11.9. The van der Waals surface area contributed by atoms with Crippen molar-refractivity contribution in [1.82, 2.24) is 4.72 Å². The second-order valence-corrected chi connectivity index (χ2v) is 5.23. The molecular weight excluding hydrogens is 202 g/mol. The van der Waals surface area contributed by atoms with Crippen LogP contribution in [0.5, 0.6) is 0 Å². The van der Waals surface area contributed by atoms with Gasteiger partial charge in [-0.1, -0.05) is 19.3 Å². The predicted octanol–water partition coefficient (Wildman–Crippen LogP) is -0.313. The highest BCUT2D eigenvalue weighted by molar-refractivity contribution is 7.87. The molecule has 1 unspecified atom stereocenters. The number of rotatable bonds is 4. The molecule has 0 radical (unpaired) electrons. The lowest BCUT2D eigenvalue weighted by Crippen LogP contribution is -2.48. The molecule has 0 aliphatic heterocycles. The number of hydrogen-bond acceptors (Lipinski definition) is 3. The van der Waals surface area contributed by atoms with Gasteiger partial charge in [-0.2, -0.15) is 13.1 Å². The summed E-state index contributed by atoms with van der Waals surface area (Å²) in [4.78, 5) is 0. The normalized spacial score (nSPS) is 22.1. The fraction of sp³-hybridized carbons (Fsp3) is 1.00. The quantitative estimate of drug-likeness (QED) is 0.607. The summed E-state index contributed by atoms with van der Waals surface area (Å²) in [5.74, 6) is 0.354. The standard InChI is InChI=1S/C8H19N3O2S/c9-6-8(11-14(10,12)13)7-4-2-1-3-5-7/h7-8,11H,1-6,9H2,(H2,10,12,13). The fourth-order valence-corrected chi connectivity index (χ4v) is 2.79. The Kier molecular flexibility index (Phi) is 4.31. The van der Waals surface area contributed by atoms with Gasteiger partial charge in [0.25, 0.3) is 10.2 Å². The van der Waals surface area contributed by atoms with E-state index in [-0.39, 0.29) is 6.04 Å². The lowest BCUT2D eigenvalue weighted by Gasteiger charge is -2.29. The third-order valence-corrected chi connectivity index (χ3v) is 3.42. The Morgan fingerprint density at radius 3 is 2.29 bits per heavy atom. The molecule has 84 valence electrons. The van der Waals surface area contributed by atoms with E-state index in [0.717, 1.165) is 25.7 Å². The summed E-state index contributed by atoms with van der Waals surface area (Å²) < 4.78 is 24.1. The molecular formula is C8H19N3O2S. The van der Waals surface area contributed by atoms with Gasteiger partial charge in [0.1, 0.15) is 0 Å². The average Bonchev–Trinajstić information content (AvgIpc) is 2.14. The second kappa shape index (κ2) is 5.06. The minimum absolute atomic E-state index is 0.190. The zero-order valence-electron chi connectivity index (χ0n) is 8.28. The van der Waals surface area contributed by atoms with Crippen molar-refractivity contribution in [2.45, 2.75) is 38.1 Å². The van der Waals surface area contributed by atoms with Gasteiger partial charge in [0.2, 0.25) is 0 Å². The molecule has 1 aliphatic rings. The van der Waals surface area contributed by atoms with Crippen LogP contribution in [0.1, 0.15) is 32.1 Å². The van der Waals surface area contributed by atoms with Crippen LogP contribution in [0.15, 0.2) is 0 Å². The van der Waals surface area contributed by atoms with Gasteiger partial charge in [-0.05, 0) is 18.8 Å². The zero-order chi connectivity index (χ0) is 10.6. The van der Waals surface area contributed by atoms with Gasteiger partial charge < -0.3 is 5.73 Å². The van der Waals surface area contributed by atoms with Crippen molar-refractivity contribution in [3.05, 3.63) is 0 Å². The Balaban J connectivity index is 2.52. The monoisotopic (exact) mass is 221 g/mol. The summed E-state index contributed by atoms with van der Waals surface area (Å²) in [7, 11) is -3.61. The smallest absolute Gasteiger partial charge is 0.274 e. The topological polar surface area (TPSA) is 98.2 Å². The SMILES string of the molecule is NCC(NS(N)(=O)=O)C1CCCCC1. The third kappa shape index (κ3) is 3.91. The van der Waals surface area contributed by atoms with E-state index in [1.165, 1.54) is 6.42 Å². The molecule has 1 saturated carbocycles. The van der Waals surface area contributed by atoms with Crippen molar-refractivity contribution < 1.29 is 8.42 Å². The van der Waals surface area contributed by atoms with E-state index < -0.39 is 10.2 Å². The molecule has 1 rings (SSSR count). The van der Waals surface area contributed by atoms with Crippen molar-refractivity contribution in [2.75, 3.05) is 6.54 Å². The van der Waals surface area contributed by atoms with E-state index >= 15 is 0 Å². The summed E-state index contributed by atoms with van der Waals surface area (Å²) in [6, 6.07) is -0.190. The lowest BCUT2D eigenvalue weighted by molar-refractivity contribution is 0.294. The fourth-order valence-electron chi connectivity index (χ4n) is 2.08. The minimum Gasteiger partial charge on any atom is -0.329 e. The van der Waals surface area contributed by atoms with Crippen LogP contribution in [0.25, 0.3) is 0 Å². The van der Waals surface area contributed by atoms with Crippen molar-refractivity contribution in [2.24, 2.45) is 16.8 Å². The maximum Gasteiger partial charge on any atom is 0.274 e. The van der Waals surface area contributed by atoms with E-state index in [4.69, 9.17) is 10.9 Å². The van der Waals surface area contributed by atoms with Crippen LogP contribution >= 0.6 is 0 Å². The molecule has 0 amide bonds. The minimum atomic E-state index is -3.61. The molecule has 0 saturated heterocycles. The Morgan fingerprint density at radius 1 is 1.29 bits per heavy atom. The van der Waals surface area contributed by atoms with Crippen LogP contribution in [0, 0.1) is 5.92 Å². The molecule has 0 bridgehead atoms. The lowest BCUT2D eigenvalue weighted by atomic mass is 9.84. The van der Waals surface area contributed by atoms with Crippen LogP contribution < -0.4 is 15.6 Å². The molecule has 0 aromatic carbocycles. The molecule has 1 fully saturated rings. The molecule has 0 heterocycles. The predicted molar refractivity (Wildman–Crippen MR) is 55.7 cm³/mol. The van der Waals surface area contributed by atoms with E-state index in [1.54, 1.807) is 0 Å². The van der Waals surface area contributed by atoms with Crippen LogP contribution in [0.2, 0.25) is 0 Å². The van der Waals surface area contributed by atoms with Crippen LogP contribution in [0.4, 0.5) is 0 Å². The highest BCUT2D eigenvalue weighted by Gasteiger charge is 2.24. The first-order valence-corrected chi connectivity index (χ1v) is 6.57. The molecule has 5 nitrogen and oxygen atoms in total. The third-order valence-electron chi connectivity index (χ3n) is 2.79. The highest BCUT2D eigenvalue weighted by atomic mass is 32.2. The maximum atomic E-state index is 10.9. The van der Waals surface area contributed by atoms with E-state index in [1.807, 2.05) is 0 Å². The first-order chi connectivity index (χ1) is 6.53. The molecule has 0 aromatic rings. The summed E-state index contributed by atoms with van der Waals surface area (Å²) >= 11 is 0. The second-order valence-electron chi connectivity index (χ2n) is 3.90. The van der Waals surface area contributed by atoms with Crippen LogP contribution in [-0.2, 0) is 10.2 Å². The van der Waals surface area contributed by atoms with Crippen LogP contribution in [-0.4, -0.2) is 21.0 Å². The Labute approximate surface area is 85.4 Å². The van der Waals surface area contributed by atoms with Gasteiger partial charge in [0.05, 0.1) is 0 Å². The highest BCUT2D eigenvalue weighted by Crippen LogP contribution is 2.26. The summed E-state index contributed by atoms with van der Waals surface area (Å²) in [6.45, 7) is 0.321. The van der Waals surface area contributed by atoms with Crippen molar-refractivity contribution in [3.8, 4) is 0 Å². The van der Waals surface area contributed by atoms with E-state index in [2.05, 4.69) is 4.72 Å². The van der Waals surface area contributed by atoms with Crippen molar-refractivity contribution in [1.29, 1.82) is 0 Å². The van der Waals surface area contributed by atoms with Crippen molar-refractivity contribution in [3.63, 3.8) is 0 Å². The Hall–Kier alpha value is -0.170.